The molecule has 0 aromatic heterocycles. The standard InChI is InChI=1S/C20H17BrO2/c21-19-11-5-9-16-8-4-10-17(20(16)19)12-18(22)14-23-13-15-6-2-1-3-7-15/h1-11H,12-14H2. The van der Waals surface area contributed by atoms with Gasteiger partial charge in [0, 0.05) is 10.9 Å². The highest BCUT2D eigenvalue weighted by Crippen LogP contribution is 2.27. The van der Waals surface area contributed by atoms with Crippen molar-refractivity contribution in [2.24, 2.45) is 0 Å². The molecule has 3 rings (SSSR count). The van der Waals surface area contributed by atoms with E-state index in [1.165, 1.54) is 0 Å². The fraction of sp³-hybridized carbons (Fsp3) is 0.150. The average molecular weight is 369 g/mol. The van der Waals surface area contributed by atoms with Crippen LogP contribution < -0.4 is 0 Å². The van der Waals surface area contributed by atoms with E-state index in [9.17, 15) is 4.79 Å². The first-order valence-electron chi connectivity index (χ1n) is 7.53. The number of ether oxygens (including phenoxy) is 1. The molecule has 0 saturated carbocycles. The fourth-order valence-corrected chi connectivity index (χ4v) is 3.27. The van der Waals surface area contributed by atoms with Crippen molar-refractivity contribution in [3.63, 3.8) is 0 Å². The van der Waals surface area contributed by atoms with Crippen LogP contribution in [0.5, 0.6) is 0 Å². The number of Topliss-reactive ketones (excluding diaryl/α,β-unsaturated/α-hetero) is 1. The van der Waals surface area contributed by atoms with E-state index in [2.05, 4.69) is 28.1 Å². The lowest BCUT2D eigenvalue weighted by Gasteiger charge is -2.08. The number of halogens is 1. The van der Waals surface area contributed by atoms with E-state index in [1.807, 2.05) is 54.6 Å². The molecule has 0 aliphatic rings. The molecule has 3 aromatic rings. The van der Waals surface area contributed by atoms with Crippen LogP contribution in [-0.2, 0) is 22.6 Å². The number of hydrogen-bond donors (Lipinski definition) is 0. The van der Waals surface area contributed by atoms with Crippen LogP contribution in [0.3, 0.4) is 0 Å². The highest BCUT2D eigenvalue weighted by molar-refractivity contribution is 9.10. The van der Waals surface area contributed by atoms with E-state index >= 15 is 0 Å². The van der Waals surface area contributed by atoms with Crippen molar-refractivity contribution in [3.8, 4) is 0 Å². The van der Waals surface area contributed by atoms with E-state index < -0.39 is 0 Å². The van der Waals surface area contributed by atoms with Crippen molar-refractivity contribution in [2.75, 3.05) is 6.61 Å². The molecule has 0 aliphatic carbocycles. The van der Waals surface area contributed by atoms with Crippen molar-refractivity contribution in [1.29, 1.82) is 0 Å². The molecule has 3 aromatic carbocycles. The first kappa shape index (κ1) is 15.9. The molecule has 0 radical (unpaired) electrons. The topological polar surface area (TPSA) is 26.3 Å². The Morgan fingerprint density at radius 2 is 1.65 bits per heavy atom. The Labute approximate surface area is 144 Å². The molecule has 0 atom stereocenters. The Morgan fingerprint density at radius 3 is 2.43 bits per heavy atom. The van der Waals surface area contributed by atoms with Gasteiger partial charge in [-0.3, -0.25) is 4.79 Å². The maximum Gasteiger partial charge on any atom is 0.162 e. The molecule has 0 spiro atoms. The lowest BCUT2D eigenvalue weighted by atomic mass is 10.0. The number of carbonyl (C=O) groups excluding carboxylic acids is 1. The molecule has 0 N–H and O–H groups in total. The van der Waals surface area contributed by atoms with Gasteiger partial charge in [-0.2, -0.15) is 0 Å². The van der Waals surface area contributed by atoms with Gasteiger partial charge in [-0.25, -0.2) is 0 Å². The maximum absolute atomic E-state index is 12.2. The maximum atomic E-state index is 12.2. The second-order valence-electron chi connectivity index (χ2n) is 5.45. The molecule has 0 bridgehead atoms. The summed E-state index contributed by atoms with van der Waals surface area (Å²) < 4.78 is 6.55. The summed E-state index contributed by atoms with van der Waals surface area (Å²) in [5.74, 6) is 0.0872. The Balaban J connectivity index is 1.64. The van der Waals surface area contributed by atoms with Crippen LogP contribution in [0.15, 0.2) is 71.2 Å². The SMILES string of the molecule is O=C(COCc1ccccc1)Cc1cccc2cccc(Br)c12. The van der Waals surface area contributed by atoms with E-state index in [-0.39, 0.29) is 12.4 Å². The van der Waals surface area contributed by atoms with Gasteiger partial charge in [-0.15, -0.1) is 0 Å². The zero-order valence-electron chi connectivity index (χ0n) is 12.7. The average Bonchev–Trinajstić information content (AvgIpc) is 2.56. The van der Waals surface area contributed by atoms with Crippen LogP contribution in [0.2, 0.25) is 0 Å². The number of fused-ring (bicyclic) bond motifs is 1. The van der Waals surface area contributed by atoms with E-state index in [1.54, 1.807) is 0 Å². The summed E-state index contributed by atoms with van der Waals surface area (Å²) in [6.45, 7) is 0.599. The van der Waals surface area contributed by atoms with E-state index in [0.29, 0.717) is 13.0 Å². The van der Waals surface area contributed by atoms with Crippen LogP contribution in [-0.4, -0.2) is 12.4 Å². The first-order chi connectivity index (χ1) is 11.2. The fourth-order valence-electron chi connectivity index (χ4n) is 2.64. The molecule has 23 heavy (non-hydrogen) atoms. The Bertz CT molecular complexity index is 807. The molecule has 0 fully saturated rings. The van der Waals surface area contributed by atoms with Gasteiger partial charge in [0.15, 0.2) is 5.78 Å². The lowest BCUT2D eigenvalue weighted by molar-refractivity contribution is -0.123. The summed E-state index contributed by atoms with van der Waals surface area (Å²) in [6.07, 6.45) is 0.384. The van der Waals surface area contributed by atoms with Gasteiger partial charge < -0.3 is 4.74 Å². The monoisotopic (exact) mass is 368 g/mol. The number of ketones is 1. The number of rotatable bonds is 6. The lowest BCUT2D eigenvalue weighted by Crippen LogP contribution is -2.11. The van der Waals surface area contributed by atoms with Gasteiger partial charge in [0.1, 0.15) is 6.61 Å². The minimum Gasteiger partial charge on any atom is -0.369 e. The van der Waals surface area contributed by atoms with Gasteiger partial charge in [0.2, 0.25) is 0 Å². The number of carbonyl (C=O) groups is 1. The molecular weight excluding hydrogens is 352 g/mol. The van der Waals surface area contributed by atoms with Gasteiger partial charge in [-0.05, 0) is 28.0 Å². The second-order valence-corrected chi connectivity index (χ2v) is 6.30. The van der Waals surface area contributed by atoms with Crippen molar-refractivity contribution < 1.29 is 9.53 Å². The van der Waals surface area contributed by atoms with Crippen molar-refractivity contribution in [1.82, 2.24) is 0 Å². The summed E-state index contributed by atoms with van der Waals surface area (Å²) in [7, 11) is 0. The van der Waals surface area contributed by atoms with Crippen LogP contribution in [0.1, 0.15) is 11.1 Å². The summed E-state index contributed by atoms with van der Waals surface area (Å²) in [5, 5.41) is 2.24. The molecule has 0 heterocycles. The molecule has 0 amide bonds. The summed E-state index contributed by atoms with van der Waals surface area (Å²) in [4.78, 5) is 12.2. The number of hydrogen-bond acceptors (Lipinski definition) is 2. The number of benzene rings is 3. The van der Waals surface area contributed by atoms with Gasteiger partial charge >= 0.3 is 0 Å². The first-order valence-corrected chi connectivity index (χ1v) is 8.33. The van der Waals surface area contributed by atoms with Crippen molar-refractivity contribution >= 4 is 32.5 Å². The zero-order valence-corrected chi connectivity index (χ0v) is 14.3. The zero-order chi connectivity index (χ0) is 16.1. The summed E-state index contributed by atoms with van der Waals surface area (Å²) >= 11 is 3.58. The van der Waals surface area contributed by atoms with Gasteiger partial charge in [0.05, 0.1) is 6.61 Å². The van der Waals surface area contributed by atoms with E-state index in [4.69, 9.17) is 4.74 Å². The molecule has 0 saturated heterocycles. The third-order valence-electron chi connectivity index (χ3n) is 3.70. The Morgan fingerprint density at radius 1 is 0.913 bits per heavy atom. The van der Waals surface area contributed by atoms with Crippen LogP contribution in [0.25, 0.3) is 10.8 Å². The van der Waals surface area contributed by atoms with Crippen molar-refractivity contribution in [3.05, 3.63) is 82.3 Å². The van der Waals surface area contributed by atoms with Crippen molar-refractivity contribution in [2.45, 2.75) is 13.0 Å². The minimum atomic E-state index is 0.0872. The molecule has 116 valence electrons. The molecule has 2 nitrogen and oxygen atoms in total. The molecular formula is C20H17BrO2. The van der Waals surface area contributed by atoms with Gasteiger partial charge in [-0.1, -0.05) is 76.6 Å². The Hall–Kier alpha value is -1.97. The third-order valence-corrected chi connectivity index (χ3v) is 4.36. The molecule has 3 heteroatoms. The summed E-state index contributed by atoms with van der Waals surface area (Å²) in [5.41, 5.74) is 2.11. The predicted molar refractivity (Wildman–Crippen MR) is 96.5 cm³/mol. The minimum absolute atomic E-state index is 0.0872. The highest BCUT2D eigenvalue weighted by Gasteiger charge is 2.09. The van der Waals surface area contributed by atoms with Gasteiger partial charge in [0.25, 0.3) is 0 Å². The third kappa shape index (κ3) is 4.06. The molecule has 0 aliphatic heterocycles. The molecule has 0 unspecified atom stereocenters. The quantitative estimate of drug-likeness (QED) is 0.616. The van der Waals surface area contributed by atoms with Crippen LogP contribution in [0, 0.1) is 0 Å². The van der Waals surface area contributed by atoms with E-state index in [0.717, 1.165) is 26.4 Å². The second kappa shape index (κ2) is 7.53. The van der Waals surface area contributed by atoms with Crippen LogP contribution in [0.4, 0.5) is 0 Å². The van der Waals surface area contributed by atoms with Crippen LogP contribution >= 0.6 is 15.9 Å². The smallest absolute Gasteiger partial charge is 0.162 e. The predicted octanol–water partition coefficient (Wildman–Crippen LogP) is 4.93. The Kier molecular flexibility index (Phi) is 5.21. The largest absolute Gasteiger partial charge is 0.369 e. The highest BCUT2D eigenvalue weighted by atomic mass is 79.9. The normalized spacial score (nSPS) is 10.8. The summed E-state index contributed by atoms with van der Waals surface area (Å²) in [6, 6.07) is 22.0.